The fraction of sp³-hybridized carbons (Fsp3) is 0.103. The lowest BCUT2D eigenvalue weighted by Gasteiger charge is -2.24. The van der Waals surface area contributed by atoms with Crippen LogP contribution in [0, 0.1) is 5.92 Å². The van der Waals surface area contributed by atoms with E-state index >= 15 is 0 Å². The Morgan fingerprint density at radius 2 is 1.63 bits per heavy atom. The molecule has 194 valence electrons. The maximum Gasteiger partial charge on any atom is 0.412 e. The van der Waals surface area contributed by atoms with Gasteiger partial charge in [-0.2, -0.15) is 0 Å². The van der Waals surface area contributed by atoms with Gasteiger partial charge in [-0.15, -0.1) is 0 Å². The van der Waals surface area contributed by atoms with Gasteiger partial charge in [-0.25, -0.2) is 4.79 Å². The van der Waals surface area contributed by atoms with Gasteiger partial charge in [0.1, 0.15) is 11.9 Å². The molecule has 0 spiro atoms. The predicted octanol–water partition coefficient (Wildman–Crippen LogP) is 7.77. The van der Waals surface area contributed by atoms with Crippen LogP contribution in [0.25, 0.3) is 10.8 Å². The van der Waals surface area contributed by atoms with Gasteiger partial charge in [-0.1, -0.05) is 77.5 Å². The minimum atomic E-state index is -0.926. The monoisotopic (exact) mass is 637 g/mol. The zero-order valence-electron chi connectivity index (χ0n) is 20.3. The highest BCUT2D eigenvalue weighted by Gasteiger charge is 2.27. The van der Waals surface area contributed by atoms with Crippen molar-refractivity contribution in [2.24, 2.45) is 5.92 Å². The van der Waals surface area contributed by atoms with E-state index in [1.807, 2.05) is 36.4 Å². The number of carbonyl (C=O) groups is 2. The number of nitrogens with two attached hydrogens (primary N) is 1. The number of hydrogen-bond donors (Lipinski definition) is 4. The first-order chi connectivity index (χ1) is 18.2. The summed E-state index contributed by atoms with van der Waals surface area (Å²) in [7, 11) is 0. The van der Waals surface area contributed by atoms with Crippen molar-refractivity contribution < 1.29 is 19.4 Å². The number of aromatic hydroxyl groups is 1. The van der Waals surface area contributed by atoms with Crippen molar-refractivity contribution in [1.82, 2.24) is 0 Å². The van der Waals surface area contributed by atoms with Crippen molar-refractivity contribution in [3.63, 3.8) is 0 Å². The van der Waals surface area contributed by atoms with Gasteiger partial charge < -0.3 is 20.9 Å². The summed E-state index contributed by atoms with van der Waals surface area (Å²) in [5.41, 5.74) is 7.80. The number of benzene rings is 4. The van der Waals surface area contributed by atoms with Crippen molar-refractivity contribution in [3.05, 3.63) is 106 Å². The SMILES string of the molecule is C[C@@H](/C=C/C(=O)Nc1ccccc1N)[C@H](OC(=O)Nc1cccc2ccccc12)c1cc(Br)cc(Br)c1O. The first-order valence-corrected chi connectivity index (χ1v) is 13.3. The second-order valence-corrected chi connectivity index (χ2v) is 10.4. The molecule has 38 heavy (non-hydrogen) atoms. The molecule has 7 nitrogen and oxygen atoms in total. The van der Waals surface area contributed by atoms with Crippen LogP contribution in [0.1, 0.15) is 18.6 Å². The van der Waals surface area contributed by atoms with Crippen molar-refractivity contribution in [2.75, 3.05) is 16.4 Å². The topological polar surface area (TPSA) is 114 Å². The standard InChI is InChI=1S/C29H25Br2N3O4/c1-17(13-14-26(35)33-25-11-5-4-10-23(25)32)28(21-15-19(30)16-22(31)27(21)36)38-29(37)34-24-12-6-8-18-7-2-3-9-20(18)24/h2-17,28,36H,32H2,1H3,(H,33,35)(H,34,37)/b14-13+/t17-,28-/m0/s1. The highest BCUT2D eigenvalue weighted by molar-refractivity contribution is 9.11. The van der Waals surface area contributed by atoms with E-state index in [1.54, 1.807) is 55.5 Å². The van der Waals surface area contributed by atoms with Crippen LogP contribution < -0.4 is 16.4 Å². The number of fused-ring (bicyclic) bond motifs is 1. The molecule has 0 aliphatic heterocycles. The fourth-order valence-electron chi connectivity index (χ4n) is 3.97. The molecule has 2 amide bonds. The van der Waals surface area contributed by atoms with Crippen LogP contribution in [-0.2, 0) is 9.53 Å². The molecular weight excluding hydrogens is 614 g/mol. The van der Waals surface area contributed by atoms with Crippen molar-refractivity contribution >= 4 is 71.7 Å². The molecule has 9 heteroatoms. The Balaban J connectivity index is 1.58. The van der Waals surface area contributed by atoms with E-state index in [9.17, 15) is 14.7 Å². The summed E-state index contributed by atoms with van der Waals surface area (Å²) in [5, 5.41) is 18.2. The molecular formula is C29H25Br2N3O4. The number of amides is 2. The van der Waals surface area contributed by atoms with Gasteiger partial charge in [0, 0.05) is 21.3 Å². The van der Waals surface area contributed by atoms with Gasteiger partial charge in [-0.3, -0.25) is 10.1 Å². The zero-order chi connectivity index (χ0) is 27.2. The average Bonchev–Trinajstić information content (AvgIpc) is 2.89. The lowest BCUT2D eigenvalue weighted by Crippen LogP contribution is -2.22. The van der Waals surface area contributed by atoms with E-state index in [2.05, 4.69) is 42.5 Å². The maximum absolute atomic E-state index is 13.1. The molecule has 0 bridgehead atoms. The third-order valence-electron chi connectivity index (χ3n) is 5.87. The maximum atomic E-state index is 13.1. The van der Waals surface area contributed by atoms with Gasteiger partial charge in [0.2, 0.25) is 5.91 Å². The number of anilines is 3. The Kier molecular flexibility index (Phi) is 8.70. The van der Waals surface area contributed by atoms with Crippen LogP contribution in [0.5, 0.6) is 5.75 Å². The smallest absolute Gasteiger partial charge is 0.412 e. The molecule has 0 fully saturated rings. The van der Waals surface area contributed by atoms with Crippen LogP contribution in [-0.4, -0.2) is 17.1 Å². The highest BCUT2D eigenvalue weighted by atomic mass is 79.9. The molecule has 2 atom stereocenters. The first kappa shape index (κ1) is 27.2. The summed E-state index contributed by atoms with van der Waals surface area (Å²) >= 11 is 6.76. The summed E-state index contributed by atoms with van der Waals surface area (Å²) in [6.07, 6.45) is 1.33. The number of nitrogens with one attached hydrogen (secondary N) is 2. The molecule has 4 rings (SSSR count). The van der Waals surface area contributed by atoms with Gasteiger partial charge in [0.25, 0.3) is 0 Å². The highest BCUT2D eigenvalue weighted by Crippen LogP contribution is 2.40. The third kappa shape index (κ3) is 6.54. The Bertz CT molecular complexity index is 1520. The number of phenolic OH excluding ortho intramolecular Hbond substituents is 1. The van der Waals surface area contributed by atoms with Gasteiger partial charge in [0.05, 0.1) is 21.5 Å². The van der Waals surface area contributed by atoms with Crippen LogP contribution in [0.4, 0.5) is 21.9 Å². The van der Waals surface area contributed by atoms with E-state index in [-0.39, 0.29) is 5.75 Å². The molecule has 4 aromatic carbocycles. The number of para-hydroxylation sites is 2. The van der Waals surface area contributed by atoms with E-state index in [0.717, 1.165) is 10.8 Å². The van der Waals surface area contributed by atoms with E-state index in [1.165, 1.54) is 6.08 Å². The number of nitrogen functional groups attached to an aromatic ring is 1. The predicted molar refractivity (Wildman–Crippen MR) is 158 cm³/mol. The summed E-state index contributed by atoms with van der Waals surface area (Å²) in [6.45, 7) is 1.78. The van der Waals surface area contributed by atoms with Gasteiger partial charge in [-0.05, 0) is 57.7 Å². The summed E-state index contributed by atoms with van der Waals surface area (Å²) in [6, 6.07) is 23.5. The second kappa shape index (κ2) is 12.1. The molecule has 0 aliphatic carbocycles. The number of carbonyl (C=O) groups excluding carboxylic acids is 2. The number of rotatable bonds is 7. The molecule has 0 radical (unpaired) electrons. The van der Waals surface area contributed by atoms with Crippen LogP contribution in [0.15, 0.2) is 100.0 Å². The third-order valence-corrected chi connectivity index (χ3v) is 6.93. The minimum absolute atomic E-state index is 0.0714. The molecule has 0 aromatic heterocycles. The van der Waals surface area contributed by atoms with E-state index in [4.69, 9.17) is 10.5 Å². The zero-order valence-corrected chi connectivity index (χ0v) is 23.5. The van der Waals surface area contributed by atoms with Crippen molar-refractivity contribution in [3.8, 4) is 5.75 Å². The summed E-state index contributed by atoms with van der Waals surface area (Å²) < 4.78 is 6.96. The lowest BCUT2D eigenvalue weighted by atomic mass is 9.96. The Labute approximate surface area is 236 Å². The Morgan fingerprint density at radius 3 is 2.42 bits per heavy atom. The van der Waals surface area contributed by atoms with Crippen LogP contribution in [0.2, 0.25) is 0 Å². The first-order valence-electron chi connectivity index (χ1n) is 11.7. The fourth-order valence-corrected chi connectivity index (χ4v) is 5.23. The molecule has 4 aromatic rings. The van der Waals surface area contributed by atoms with Gasteiger partial charge in [0.15, 0.2) is 0 Å². The van der Waals surface area contributed by atoms with E-state index in [0.29, 0.717) is 31.6 Å². The number of hydrogen-bond acceptors (Lipinski definition) is 5. The average molecular weight is 639 g/mol. The van der Waals surface area contributed by atoms with Crippen molar-refractivity contribution in [1.29, 1.82) is 0 Å². The van der Waals surface area contributed by atoms with E-state index < -0.39 is 24.0 Å². The van der Waals surface area contributed by atoms with Crippen molar-refractivity contribution in [2.45, 2.75) is 13.0 Å². The lowest BCUT2D eigenvalue weighted by molar-refractivity contribution is -0.111. The molecule has 0 unspecified atom stereocenters. The number of ether oxygens (including phenoxy) is 1. The summed E-state index contributed by atoms with van der Waals surface area (Å²) in [5.74, 6) is -0.967. The second-order valence-electron chi connectivity index (χ2n) is 8.60. The summed E-state index contributed by atoms with van der Waals surface area (Å²) in [4.78, 5) is 25.6. The van der Waals surface area contributed by atoms with Crippen LogP contribution >= 0.6 is 31.9 Å². The molecule has 0 saturated carbocycles. The molecule has 0 heterocycles. The number of halogens is 2. The largest absolute Gasteiger partial charge is 0.506 e. The van der Waals surface area contributed by atoms with Gasteiger partial charge >= 0.3 is 6.09 Å². The molecule has 0 aliphatic rings. The number of phenols is 1. The molecule has 0 saturated heterocycles. The minimum Gasteiger partial charge on any atom is -0.506 e. The molecule has 5 N–H and O–H groups in total. The Morgan fingerprint density at radius 1 is 0.947 bits per heavy atom. The quantitative estimate of drug-likeness (QED) is 0.122. The normalized spacial score (nSPS) is 12.7. The van der Waals surface area contributed by atoms with Crippen LogP contribution in [0.3, 0.4) is 0 Å². The Hall–Kier alpha value is -3.82.